The predicted octanol–water partition coefficient (Wildman–Crippen LogP) is 2.75. The molecule has 0 radical (unpaired) electrons. The first-order valence-electron chi connectivity index (χ1n) is 7.53. The number of hydrogen-bond acceptors (Lipinski definition) is 4. The van der Waals surface area contributed by atoms with Gasteiger partial charge in [0.2, 0.25) is 5.89 Å². The van der Waals surface area contributed by atoms with Crippen molar-refractivity contribution in [2.45, 2.75) is 44.1 Å². The third-order valence-corrected chi connectivity index (χ3v) is 4.47. The topological polar surface area (TPSA) is 68.0 Å². The molecular formula is C16H17N3O2. The van der Waals surface area contributed by atoms with E-state index in [4.69, 9.17) is 4.52 Å². The number of nitrogens with zero attached hydrogens (tertiary/aromatic N) is 2. The summed E-state index contributed by atoms with van der Waals surface area (Å²) in [5, 5.41) is 7.10. The lowest BCUT2D eigenvalue weighted by molar-refractivity contribution is 0.0955. The maximum Gasteiger partial charge on any atom is 0.252 e. The second kappa shape index (κ2) is 4.98. The van der Waals surface area contributed by atoms with Gasteiger partial charge in [-0.25, -0.2) is 0 Å². The first-order chi connectivity index (χ1) is 10.3. The van der Waals surface area contributed by atoms with Crippen LogP contribution < -0.4 is 5.32 Å². The average Bonchev–Trinajstić information content (AvgIpc) is 3.21. The smallest absolute Gasteiger partial charge is 0.252 e. The van der Waals surface area contributed by atoms with Crippen molar-refractivity contribution in [2.24, 2.45) is 0 Å². The fourth-order valence-corrected chi connectivity index (χ4v) is 3.36. The minimum atomic E-state index is -0.0643. The van der Waals surface area contributed by atoms with Gasteiger partial charge in [-0.2, -0.15) is 4.98 Å². The fourth-order valence-electron chi connectivity index (χ4n) is 3.36. The molecule has 5 heteroatoms. The summed E-state index contributed by atoms with van der Waals surface area (Å²) in [6.45, 7) is 0. The Morgan fingerprint density at radius 1 is 1.24 bits per heavy atom. The van der Waals surface area contributed by atoms with E-state index in [-0.39, 0.29) is 11.9 Å². The second-order valence-corrected chi connectivity index (χ2v) is 5.85. The van der Waals surface area contributed by atoms with Crippen LogP contribution in [0, 0.1) is 0 Å². The van der Waals surface area contributed by atoms with Crippen LogP contribution in [0.4, 0.5) is 0 Å². The van der Waals surface area contributed by atoms with Gasteiger partial charge in [0, 0.05) is 11.5 Å². The van der Waals surface area contributed by atoms with E-state index in [1.54, 1.807) is 0 Å². The molecule has 0 saturated heterocycles. The fraction of sp³-hybridized carbons (Fsp3) is 0.438. The molecule has 1 aliphatic heterocycles. The van der Waals surface area contributed by atoms with E-state index in [2.05, 4.69) is 15.5 Å². The molecular weight excluding hydrogens is 266 g/mol. The molecule has 1 atom stereocenters. The summed E-state index contributed by atoms with van der Waals surface area (Å²) in [7, 11) is 0. The standard InChI is InChI=1S/C16H17N3O2/c20-16-12-8-4-3-7-11(12)13(17-16)9-14-18-15(19-21-14)10-5-1-2-6-10/h3-4,7-8,10,13H,1-2,5-6,9H2,(H,17,20)/t13-/m1/s1. The molecule has 2 aliphatic rings. The molecule has 4 rings (SSSR count). The molecule has 1 aromatic carbocycles. The lowest BCUT2D eigenvalue weighted by atomic mass is 10.0. The Labute approximate surface area is 122 Å². The quantitative estimate of drug-likeness (QED) is 0.940. The van der Waals surface area contributed by atoms with Crippen LogP contribution in [0.5, 0.6) is 0 Å². The number of carbonyl (C=O) groups excluding carboxylic acids is 1. The highest BCUT2D eigenvalue weighted by Crippen LogP contribution is 2.33. The van der Waals surface area contributed by atoms with Crippen LogP contribution in [0.3, 0.4) is 0 Å². The molecule has 2 aromatic rings. The molecule has 1 fully saturated rings. The van der Waals surface area contributed by atoms with Crippen molar-refractivity contribution in [3.05, 3.63) is 47.1 Å². The van der Waals surface area contributed by atoms with E-state index in [9.17, 15) is 4.79 Å². The Balaban J connectivity index is 1.53. The van der Waals surface area contributed by atoms with Crippen molar-refractivity contribution in [1.82, 2.24) is 15.5 Å². The number of benzene rings is 1. The van der Waals surface area contributed by atoms with Gasteiger partial charge in [0.1, 0.15) is 0 Å². The summed E-state index contributed by atoms with van der Waals surface area (Å²) in [5.74, 6) is 1.87. The van der Waals surface area contributed by atoms with E-state index in [1.807, 2.05) is 24.3 Å². The third-order valence-electron chi connectivity index (χ3n) is 4.47. The molecule has 2 heterocycles. The van der Waals surface area contributed by atoms with E-state index in [1.165, 1.54) is 12.8 Å². The van der Waals surface area contributed by atoms with Gasteiger partial charge in [0.25, 0.3) is 5.91 Å². The summed E-state index contributed by atoms with van der Waals surface area (Å²) in [4.78, 5) is 16.4. The lowest BCUT2D eigenvalue weighted by Gasteiger charge is -2.08. The normalized spacial score (nSPS) is 21.5. The van der Waals surface area contributed by atoms with Crippen LogP contribution in [-0.2, 0) is 6.42 Å². The Bertz CT molecular complexity index is 674. The molecule has 1 aliphatic carbocycles. The van der Waals surface area contributed by atoms with Gasteiger partial charge in [-0.3, -0.25) is 4.79 Å². The van der Waals surface area contributed by atoms with Crippen molar-refractivity contribution in [3.63, 3.8) is 0 Å². The van der Waals surface area contributed by atoms with E-state index in [0.29, 0.717) is 18.2 Å². The van der Waals surface area contributed by atoms with Crippen LogP contribution in [0.15, 0.2) is 28.8 Å². The summed E-state index contributed by atoms with van der Waals surface area (Å²) in [6, 6.07) is 7.59. The van der Waals surface area contributed by atoms with Crippen LogP contribution >= 0.6 is 0 Å². The van der Waals surface area contributed by atoms with E-state index in [0.717, 1.165) is 29.8 Å². The van der Waals surface area contributed by atoms with Crippen molar-refractivity contribution >= 4 is 5.91 Å². The number of carbonyl (C=O) groups is 1. The third kappa shape index (κ3) is 2.22. The van der Waals surface area contributed by atoms with Gasteiger partial charge in [0.15, 0.2) is 5.82 Å². The minimum absolute atomic E-state index is 0.0221. The number of hydrogen-bond donors (Lipinski definition) is 1. The summed E-state index contributed by atoms with van der Waals surface area (Å²) in [5.41, 5.74) is 1.76. The lowest BCUT2D eigenvalue weighted by Crippen LogP contribution is -2.20. The Hall–Kier alpha value is -2.17. The molecule has 1 amide bonds. The van der Waals surface area contributed by atoms with Crippen molar-refractivity contribution in [1.29, 1.82) is 0 Å². The number of amides is 1. The largest absolute Gasteiger partial charge is 0.345 e. The number of aromatic nitrogens is 2. The highest BCUT2D eigenvalue weighted by atomic mass is 16.5. The van der Waals surface area contributed by atoms with E-state index < -0.39 is 0 Å². The highest BCUT2D eigenvalue weighted by molar-refractivity contribution is 5.99. The van der Waals surface area contributed by atoms with Crippen molar-refractivity contribution in [2.75, 3.05) is 0 Å². The molecule has 1 N–H and O–H groups in total. The maximum absolute atomic E-state index is 11.9. The summed E-state index contributed by atoms with van der Waals surface area (Å²) >= 11 is 0. The van der Waals surface area contributed by atoms with E-state index >= 15 is 0 Å². The monoisotopic (exact) mass is 283 g/mol. The number of fused-ring (bicyclic) bond motifs is 1. The maximum atomic E-state index is 11.9. The van der Waals surface area contributed by atoms with Crippen LogP contribution in [0.1, 0.15) is 65.3 Å². The zero-order valence-corrected chi connectivity index (χ0v) is 11.7. The zero-order valence-electron chi connectivity index (χ0n) is 11.7. The molecule has 108 valence electrons. The Morgan fingerprint density at radius 2 is 2.05 bits per heavy atom. The van der Waals surface area contributed by atoms with Gasteiger partial charge >= 0.3 is 0 Å². The first kappa shape index (κ1) is 12.6. The molecule has 0 unspecified atom stereocenters. The predicted molar refractivity (Wildman–Crippen MR) is 75.9 cm³/mol. The number of nitrogens with one attached hydrogen (secondary N) is 1. The molecule has 5 nitrogen and oxygen atoms in total. The molecule has 21 heavy (non-hydrogen) atoms. The van der Waals surface area contributed by atoms with Crippen LogP contribution in [0.25, 0.3) is 0 Å². The average molecular weight is 283 g/mol. The van der Waals surface area contributed by atoms with Crippen LogP contribution in [0.2, 0.25) is 0 Å². The Morgan fingerprint density at radius 3 is 2.90 bits per heavy atom. The molecule has 1 saturated carbocycles. The van der Waals surface area contributed by atoms with Gasteiger partial charge in [-0.05, 0) is 24.5 Å². The minimum Gasteiger partial charge on any atom is -0.345 e. The molecule has 0 bridgehead atoms. The Kier molecular flexibility index (Phi) is 2.98. The molecule has 1 aromatic heterocycles. The van der Waals surface area contributed by atoms with Gasteiger partial charge in [-0.15, -0.1) is 0 Å². The second-order valence-electron chi connectivity index (χ2n) is 5.85. The van der Waals surface area contributed by atoms with Gasteiger partial charge < -0.3 is 9.84 Å². The van der Waals surface area contributed by atoms with Gasteiger partial charge in [0.05, 0.1) is 12.5 Å². The highest BCUT2D eigenvalue weighted by Gasteiger charge is 2.30. The zero-order chi connectivity index (χ0) is 14.2. The summed E-state index contributed by atoms with van der Waals surface area (Å²) in [6.07, 6.45) is 5.37. The first-order valence-corrected chi connectivity index (χ1v) is 7.53. The number of rotatable bonds is 3. The molecule has 0 spiro atoms. The van der Waals surface area contributed by atoms with Crippen molar-refractivity contribution in [3.8, 4) is 0 Å². The summed E-state index contributed by atoms with van der Waals surface area (Å²) < 4.78 is 5.38. The van der Waals surface area contributed by atoms with Gasteiger partial charge in [-0.1, -0.05) is 36.2 Å². The van der Waals surface area contributed by atoms with Crippen LogP contribution in [-0.4, -0.2) is 16.0 Å². The SMILES string of the molecule is O=C1N[C@H](Cc2nc(C3CCCC3)no2)c2ccccc21. The van der Waals surface area contributed by atoms with Crippen molar-refractivity contribution < 1.29 is 9.32 Å².